The van der Waals surface area contributed by atoms with Gasteiger partial charge in [-0.15, -0.1) is 0 Å². The molecule has 5 rings (SSSR count). The van der Waals surface area contributed by atoms with E-state index in [1.807, 2.05) is 12.5 Å². The van der Waals surface area contributed by atoms with Crippen molar-refractivity contribution >= 4 is 0 Å². The maximum absolute atomic E-state index is 4.21. The van der Waals surface area contributed by atoms with Crippen LogP contribution in [0.1, 0.15) is 51.1 Å². The second-order valence-electron chi connectivity index (χ2n) is 7.88. The minimum Gasteiger partial charge on any atom is -0.337 e. The van der Waals surface area contributed by atoms with Crippen molar-refractivity contribution < 1.29 is 0 Å². The van der Waals surface area contributed by atoms with E-state index in [1.165, 1.54) is 44.2 Å². The summed E-state index contributed by atoms with van der Waals surface area (Å²) >= 11 is 0. The first kappa shape index (κ1) is 12.9. The van der Waals surface area contributed by atoms with Crippen LogP contribution in [0.25, 0.3) is 0 Å². The van der Waals surface area contributed by atoms with E-state index in [1.54, 1.807) is 0 Å². The Morgan fingerprint density at radius 1 is 1.25 bits per heavy atom. The van der Waals surface area contributed by atoms with Crippen LogP contribution in [0, 0.1) is 23.2 Å². The summed E-state index contributed by atoms with van der Waals surface area (Å²) in [6.07, 6.45) is 12.9. The van der Waals surface area contributed by atoms with E-state index in [0.29, 0.717) is 11.5 Å². The predicted molar refractivity (Wildman–Crippen MR) is 80.1 cm³/mol. The van der Waals surface area contributed by atoms with Crippen LogP contribution in [-0.2, 0) is 13.6 Å². The van der Waals surface area contributed by atoms with Crippen molar-refractivity contribution in [3.05, 3.63) is 18.2 Å². The quantitative estimate of drug-likeness (QED) is 0.913. The van der Waals surface area contributed by atoms with Crippen LogP contribution >= 0.6 is 0 Å². The SMILES string of the molecule is CC(NCc1cncn1C)C12CC3CC(CC(C3)C1)C2. The second kappa shape index (κ2) is 4.59. The van der Waals surface area contributed by atoms with Gasteiger partial charge in [0.2, 0.25) is 0 Å². The van der Waals surface area contributed by atoms with E-state index in [2.05, 4.69) is 28.8 Å². The van der Waals surface area contributed by atoms with Gasteiger partial charge in [0.05, 0.1) is 12.0 Å². The Morgan fingerprint density at radius 3 is 2.35 bits per heavy atom. The van der Waals surface area contributed by atoms with Gasteiger partial charge >= 0.3 is 0 Å². The molecule has 3 heteroatoms. The Morgan fingerprint density at radius 2 is 1.85 bits per heavy atom. The molecule has 0 aliphatic heterocycles. The number of aromatic nitrogens is 2. The van der Waals surface area contributed by atoms with Crippen molar-refractivity contribution in [3.8, 4) is 0 Å². The first-order chi connectivity index (χ1) is 9.64. The molecule has 20 heavy (non-hydrogen) atoms. The van der Waals surface area contributed by atoms with E-state index in [0.717, 1.165) is 24.3 Å². The van der Waals surface area contributed by atoms with Crippen molar-refractivity contribution in [2.24, 2.45) is 30.2 Å². The number of hydrogen-bond donors (Lipinski definition) is 1. The number of nitrogens with zero attached hydrogens (tertiary/aromatic N) is 2. The van der Waals surface area contributed by atoms with E-state index in [4.69, 9.17) is 0 Å². The highest BCUT2D eigenvalue weighted by Crippen LogP contribution is 2.61. The van der Waals surface area contributed by atoms with Crippen LogP contribution in [0.3, 0.4) is 0 Å². The Bertz CT molecular complexity index is 455. The third-order valence-electron chi connectivity index (χ3n) is 6.51. The zero-order valence-corrected chi connectivity index (χ0v) is 12.8. The fraction of sp³-hybridized carbons (Fsp3) is 0.824. The average molecular weight is 273 g/mol. The standard InChI is InChI=1S/C17H27N3/c1-12(19-10-16-9-18-11-20(16)2)17-6-13-3-14(7-17)5-15(4-13)8-17/h9,11-15,19H,3-8,10H2,1-2H3. The maximum Gasteiger partial charge on any atom is 0.0945 e. The van der Waals surface area contributed by atoms with Gasteiger partial charge in [0.25, 0.3) is 0 Å². The molecule has 1 atom stereocenters. The van der Waals surface area contributed by atoms with Crippen LogP contribution in [0.4, 0.5) is 0 Å². The van der Waals surface area contributed by atoms with Gasteiger partial charge in [0.15, 0.2) is 0 Å². The second-order valence-corrected chi connectivity index (χ2v) is 7.88. The van der Waals surface area contributed by atoms with Crippen molar-refractivity contribution in [2.75, 3.05) is 0 Å². The van der Waals surface area contributed by atoms with Gasteiger partial charge in [-0.2, -0.15) is 0 Å². The summed E-state index contributed by atoms with van der Waals surface area (Å²) in [5, 5.41) is 3.82. The molecule has 1 N–H and O–H groups in total. The van der Waals surface area contributed by atoms with E-state index in [9.17, 15) is 0 Å². The third kappa shape index (κ3) is 2.02. The van der Waals surface area contributed by atoms with Gasteiger partial charge in [-0.1, -0.05) is 0 Å². The van der Waals surface area contributed by atoms with Gasteiger partial charge < -0.3 is 9.88 Å². The Hall–Kier alpha value is -0.830. The summed E-state index contributed by atoms with van der Waals surface area (Å²) in [6, 6.07) is 0.644. The molecule has 4 bridgehead atoms. The Kier molecular flexibility index (Phi) is 2.95. The molecule has 0 radical (unpaired) electrons. The summed E-state index contributed by atoms with van der Waals surface area (Å²) in [7, 11) is 2.08. The lowest BCUT2D eigenvalue weighted by molar-refractivity contribution is -0.0707. The predicted octanol–water partition coefficient (Wildman–Crippen LogP) is 3.11. The largest absolute Gasteiger partial charge is 0.337 e. The van der Waals surface area contributed by atoms with E-state index >= 15 is 0 Å². The molecule has 1 heterocycles. The summed E-state index contributed by atoms with van der Waals surface area (Å²) in [5.41, 5.74) is 1.90. The Balaban J connectivity index is 1.45. The molecule has 0 aromatic carbocycles. The molecule has 0 spiro atoms. The van der Waals surface area contributed by atoms with Gasteiger partial charge in [-0.3, -0.25) is 0 Å². The smallest absolute Gasteiger partial charge is 0.0945 e. The molecule has 4 saturated carbocycles. The van der Waals surface area contributed by atoms with Gasteiger partial charge in [-0.25, -0.2) is 4.98 Å². The van der Waals surface area contributed by atoms with Crippen LogP contribution in [-0.4, -0.2) is 15.6 Å². The monoisotopic (exact) mass is 273 g/mol. The van der Waals surface area contributed by atoms with Crippen molar-refractivity contribution in [2.45, 2.75) is 58.0 Å². The molecule has 1 aromatic heterocycles. The summed E-state index contributed by atoms with van der Waals surface area (Å²) in [6.45, 7) is 3.39. The molecule has 4 fully saturated rings. The third-order valence-corrected chi connectivity index (χ3v) is 6.51. The normalized spacial score (nSPS) is 40.2. The molecule has 1 unspecified atom stereocenters. The lowest BCUT2D eigenvalue weighted by atomic mass is 9.48. The number of hydrogen-bond acceptors (Lipinski definition) is 2. The molecule has 3 nitrogen and oxygen atoms in total. The van der Waals surface area contributed by atoms with Gasteiger partial charge in [0.1, 0.15) is 0 Å². The highest BCUT2D eigenvalue weighted by molar-refractivity contribution is 5.06. The fourth-order valence-electron chi connectivity index (χ4n) is 5.74. The lowest BCUT2D eigenvalue weighted by Gasteiger charge is -2.59. The maximum atomic E-state index is 4.21. The average Bonchev–Trinajstić information content (AvgIpc) is 2.80. The van der Waals surface area contributed by atoms with Gasteiger partial charge in [-0.05, 0) is 68.6 Å². The van der Waals surface area contributed by atoms with Crippen molar-refractivity contribution in [1.29, 1.82) is 0 Å². The minimum absolute atomic E-state index is 0.605. The van der Waals surface area contributed by atoms with Crippen molar-refractivity contribution in [3.63, 3.8) is 0 Å². The Labute approximate surface area is 122 Å². The zero-order valence-electron chi connectivity index (χ0n) is 12.8. The van der Waals surface area contributed by atoms with Crippen LogP contribution in [0.2, 0.25) is 0 Å². The lowest BCUT2D eigenvalue weighted by Crippen LogP contribution is -2.54. The molecule has 1 aromatic rings. The molecular weight excluding hydrogens is 246 g/mol. The van der Waals surface area contributed by atoms with Crippen LogP contribution < -0.4 is 5.32 Å². The molecule has 4 aliphatic carbocycles. The van der Waals surface area contributed by atoms with Crippen molar-refractivity contribution in [1.82, 2.24) is 14.9 Å². The topological polar surface area (TPSA) is 29.9 Å². The molecule has 110 valence electrons. The van der Waals surface area contributed by atoms with Crippen LogP contribution in [0.5, 0.6) is 0 Å². The molecule has 4 aliphatic rings. The van der Waals surface area contributed by atoms with Gasteiger partial charge in [0, 0.05) is 25.8 Å². The number of rotatable bonds is 4. The molecule has 0 amide bonds. The summed E-state index contributed by atoms with van der Waals surface area (Å²) in [5.74, 6) is 3.13. The number of imidazole rings is 1. The summed E-state index contributed by atoms with van der Waals surface area (Å²) in [4.78, 5) is 4.21. The number of aryl methyl sites for hydroxylation is 1. The van der Waals surface area contributed by atoms with Crippen LogP contribution in [0.15, 0.2) is 12.5 Å². The molecular formula is C17H27N3. The summed E-state index contributed by atoms with van der Waals surface area (Å²) < 4.78 is 2.12. The first-order valence-electron chi connectivity index (χ1n) is 8.33. The van der Waals surface area contributed by atoms with E-state index in [-0.39, 0.29) is 0 Å². The highest BCUT2D eigenvalue weighted by Gasteiger charge is 2.52. The molecule has 0 saturated heterocycles. The minimum atomic E-state index is 0.605. The zero-order chi connectivity index (χ0) is 13.7. The highest BCUT2D eigenvalue weighted by atomic mass is 15.1. The van der Waals surface area contributed by atoms with E-state index < -0.39 is 0 Å². The number of nitrogens with one attached hydrogen (secondary N) is 1. The first-order valence-corrected chi connectivity index (χ1v) is 8.33. The fourth-order valence-corrected chi connectivity index (χ4v) is 5.74.